The number of nitrogens with one attached hydrogen (secondary N) is 1. The third kappa shape index (κ3) is 15.9. The van der Waals surface area contributed by atoms with Crippen LogP contribution in [-0.4, -0.2) is 106 Å². The van der Waals surface area contributed by atoms with Gasteiger partial charge >= 0.3 is 0 Å². The number of allylic oxidation sites excluding steroid dienone is 4. The maximum Gasteiger partial charge on any atom is 0.176 e. The van der Waals surface area contributed by atoms with E-state index in [9.17, 15) is 20.4 Å². The summed E-state index contributed by atoms with van der Waals surface area (Å²) >= 11 is 0. The molecule has 0 unspecified atom stereocenters. The van der Waals surface area contributed by atoms with Crippen LogP contribution in [0.5, 0.6) is 0 Å². The van der Waals surface area contributed by atoms with Crippen molar-refractivity contribution in [2.75, 3.05) is 41.2 Å². The number of nitrogens with zero attached hydrogens (tertiary/aromatic N) is 15. The number of ketones is 1. The largest absolute Gasteiger partial charge is 0.511 e. The van der Waals surface area contributed by atoms with Gasteiger partial charge in [0.25, 0.3) is 0 Å². The third-order valence-electron chi connectivity index (χ3n) is 36.6. The van der Waals surface area contributed by atoms with Crippen molar-refractivity contribution in [2.45, 2.75) is 261 Å². The van der Waals surface area contributed by atoms with Gasteiger partial charge in [-0.05, 0) is 264 Å². The highest BCUT2D eigenvalue weighted by atomic mass is 16.5. The first-order valence-corrected chi connectivity index (χ1v) is 52.9. The molecule has 2 N–H and O–H groups in total. The van der Waals surface area contributed by atoms with Crippen LogP contribution in [-0.2, 0) is 65.0 Å². The van der Waals surface area contributed by atoms with Crippen molar-refractivity contribution in [1.82, 2.24) is 49.4 Å². The maximum absolute atomic E-state index is 12.9. The Balaban J connectivity index is -0.000000136. The van der Waals surface area contributed by atoms with Gasteiger partial charge in [-0.25, -0.2) is 18.7 Å². The summed E-state index contributed by atoms with van der Waals surface area (Å²) in [6.45, 7) is 18.1. The number of hydrogen-bond donors (Lipinski definition) is 2. The molecule has 143 heavy (non-hydrogen) atoms. The van der Waals surface area contributed by atoms with Crippen LogP contribution in [0.25, 0.3) is 67.3 Å². The Kier molecular flexibility index (Phi) is 15.1. The highest BCUT2D eigenvalue weighted by molar-refractivity contribution is 6.02. The average molecular weight is 2140 g/mol. The number of rotatable bonds is 16. The molecular formula is C123H212N16O4. The summed E-state index contributed by atoms with van der Waals surface area (Å²) in [5.74, 6) is 8.78. The smallest absolute Gasteiger partial charge is 0.176 e. The van der Waals surface area contributed by atoms with Crippen molar-refractivity contribution in [1.29, 1.82) is 10.5 Å². The van der Waals surface area contributed by atoms with Crippen molar-refractivity contribution in [2.24, 2.45) is 35.5 Å². The van der Waals surface area contributed by atoms with Crippen molar-refractivity contribution >= 4 is 29.1 Å². The number of hydrogen-bond acceptors (Lipinski definition) is 16. The lowest BCUT2D eigenvalue weighted by Crippen LogP contribution is -2.46. The molecule has 8 aromatic carbocycles. The van der Waals surface area contributed by atoms with Gasteiger partial charge in [0.15, 0.2) is 29.1 Å². The highest BCUT2D eigenvalue weighted by Gasteiger charge is 2.57. The Morgan fingerprint density at radius 2 is 0.713 bits per heavy atom. The predicted octanol–water partition coefficient (Wildman–Crippen LogP) is 35.9. The molecule has 6 aromatic heterocycles. The van der Waals surface area contributed by atoms with E-state index >= 15 is 0 Å². The van der Waals surface area contributed by atoms with E-state index in [0.717, 1.165) is 122 Å². The summed E-state index contributed by atoms with van der Waals surface area (Å²) in [7, 11) is 6.62. The summed E-state index contributed by atoms with van der Waals surface area (Å²) in [5, 5.41) is 63.8. The molecule has 14 aromatic rings. The van der Waals surface area contributed by atoms with Gasteiger partial charge in [0.2, 0.25) is 0 Å². The molecule has 0 bridgehead atoms. The van der Waals surface area contributed by atoms with Crippen molar-refractivity contribution < 1.29 is 138 Å². The molecule has 0 saturated heterocycles. The van der Waals surface area contributed by atoms with E-state index < -0.39 is 5.41 Å². The molecular weight excluding hydrogens is 1770 g/mol. The van der Waals surface area contributed by atoms with Gasteiger partial charge in [0.1, 0.15) is 23.3 Å². The Labute approximate surface area is 964 Å². The fraction of sp³-hybridized carbons (Fsp3) is 0.407. The molecule has 0 amide bonds. The Morgan fingerprint density at radius 1 is 0.392 bits per heavy atom. The summed E-state index contributed by atoms with van der Waals surface area (Å²) in [6, 6.07) is 83.9. The quantitative estimate of drug-likeness (QED) is 0.0916. The first-order valence-electron chi connectivity index (χ1n) is 92.9. The SMILES string of the molecule is C[C@H]1C(=O)C(C#N)=C[C@@]2(C)c3c(c(N(C)C4CCC4)nn3-c3ccc(-c4ccccc4)cc3)CC[C@H]12.C[C@H]1C(O)=C(C#N)C[C@@]2(C)c3c(c(N(C)C4CCC4)nn3-c3ccc(-c4ccccc4)cc3)CC[C@H]12.C[C@H]1c2oncc2C[C@@]2(C)c3c(c(N(C)C4CCC4)nn3-c3ccc(-c4ccccc4)cc3)CC[C@H]12.C[C@H]1c2oncc2C[C@@]2(C)c3c(c(NC4CCC4)nn3-c3ccc(-c4ccccc4)cc3)CC[C@H]12.[3H][3H].[3H][3H].[3H][3H].[3H][3H].[3H][3H].[3H][3H].[3H][3H].[3H][3H].[3H][3H].[3H][3H].[3H][3H].[3H][3H].[3H][3H].[3H][3H].[3H][3H].[3H][3H].[3H][3H].[3H][3H].[3H][3H].[3H][3H].[3H][3H].[3H][3H].[3H][3H].[3H][3H].[3H][3H].[3H][3H].[3H][3H].[3H][3H].[3H][3H].[3H][3H].[3H][3H].[3H][3H].[3H][3H].[3H][3H].[3H][3H].[3H][3H].[3H][3H].[3H][3H].[3H][3H].[3H][3H]. The molecule has 6 heterocycles. The lowest BCUT2D eigenvalue weighted by atomic mass is 9.56. The Bertz CT molecular complexity index is 7450. The van der Waals surface area contributed by atoms with Crippen LogP contribution in [0.1, 0.15) is 363 Å². The predicted molar refractivity (Wildman–Crippen MR) is 651 cm³/mol. The molecule has 12 aliphatic carbocycles. The second-order valence-corrected chi connectivity index (χ2v) is 44.5. The monoisotopic (exact) mass is 2140 g/mol. The standard InChI is InChI=1S/2C31H34N4O.C31H32N4O.C30H32N4O.40H2/c1-20-27-17-16-26-29(31(27,2)18-23-19-32-36-28(20)23)35(33-30(26)34(3)24-10-7-11-24)25-14-12-22(13-15-25)21-8-5-4-6-9-21;2*1-20-27-17-16-26-29(31(27,2)18-23(19-32)28(20)36)35(33-30(26)34(3)24-10-7-11-24)25-14-12-22(13-15-25)21-8-5-4-6-9-21;1-19-26-16-15-25-28(30(26,2)17-22-18-31-35-27(19)22)34(33-29(25)32-23-9-6-10-23)24-13-11-21(12-14-24)20-7-4-3-5-8-20;;;;;;;;;;;;;;;;;;;;;;;;;;;;;;;;;;;;;;;;/h4-6,8-9,12-15,19-20,24,27H,7,10-11,16-18H2,1-3H3;4-6,8-9,12-15,20,24,27,36H,7,10-11,16-18H2,1-3H3;4-6,8-9,12-15,18,20,24,27H,7,10-11,16-17H2,1-3H3;3-5,7-8,11-14,18-19,23,26H,6,9-10,15-17H2,1-2H3,(H,32,33);40*1H/t3*20-,27-,31-;19-,26-,30-;;;;;;;;;;;;;;;;;;;;;;;;;;;;;;;;;;;;;;;;/m1111......................................../s1/i;;;;40*1+2T. The number of fused-ring (bicyclic) bond motifs is 14. The normalized spacial score (nSPS) is 27.5. The van der Waals surface area contributed by atoms with Gasteiger partial charge in [-0.3, -0.25) is 4.79 Å². The molecule has 12 atom stereocenters. The summed E-state index contributed by atoms with van der Waals surface area (Å²) in [6.07, 6.45) is 31.6. The first kappa shape index (κ1) is 58.0. The summed E-state index contributed by atoms with van der Waals surface area (Å²) < 4.78 is 420. The number of nitriles is 2. The lowest BCUT2D eigenvalue weighted by Gasteiger charge is -2.48. The van der Waals surface area contributed by atoms with Gasteiger partial charge < -0.3 is 34.2 Å². The summed E-state index contributed by atoms with van der Waals surface area (Å²) in [5.41, 5.74) is 27.2. The number of carbonyl (C=O) groups is 1. The topological polar surface area (TPSA) is 230 Å². The fourth-order valence-corrected chi connectivity index (χ4v) is 27.8. The van der Waals surface area contributed by atoms with Crippen molar-refractivity contribution in [3.8, 4) is 79.4 Å². The molecule has 12 aliphatic rings. The molecule has 808 valence electrons. The van der Waals surface area contributed by atoms with Crippen LogP contribution in [0.3, 0.4) is 0 Å². The first-order chi connectivity index (χ1) is 109. The highest BCUT2D eigenvalue weighted by Crippen LogP contribution is 2.61. The molecule has 0 aliphatic heterocycles. The number of Topliss-reactive ketones (excluding diaryl/α,β-unsaturated/α-hetero) is 1. The number of aliphatic hydroxyl groups is 1. The minimum absolute atomic E-state index is 0.0177. The van der Waals surface area contributed by atoms with E-state index in [4.69, 9.17) is 148 Å². The number of anilines is 4. The zero-order chi connectivity index (χ0) is 178. The third-order valence-corrected chi connectivity index (χ3v) is 36.6. The molecule has 20 heteroatoms. The van der Waals surface area contributed by atoms with Crippen molar-refractivity contribution in [3.05, 3.63) is 321 Å². The van der Waals surface area contributed by atoms with Crippen LogP contribution in [0.15, 0.2) is 263 Å². The van der Waals surface area contributed by atoms with E-state index in [1.165, 1.54) is 178 Å². The number of carbonyl (C=O) groups excluding carboxylic acids is 1. The Morgan fingerprint density at radius 3 is 1.06 bits per heavy atom. The Hall–Kier alpha value is -13.9. The van der Waals surface area contributed by atoms with Crippen LogP contribution in [0, 0.1) is 58.2 Å². The van der Waals surface area contributed by atoms with Crippen LogP contribution < -0.4 is 20.0 Å². The summed E-state index contributed by atoms with van der Waals surface area (Å²) in [4.78, 5) is 20.2. The van der Waals surface area contributed by atoms with Gasteiger partial charge in [0.05, 0.1) is 75.1 Å². The molecule has 0 radical (unpaired) electrons. The maximum atomic E-state index is 12.9. The molecule has 0 spiro atoms. The van der Waals surface area contributed by atoms with Gasteiger partial charge in [-0.1, -0.05) is 242 Å². The number of benzene rings is 8. The van der Waals surface area contributed by atoms with Gasteiger partial charge in [-0.15, -0.1) is 20.4 Å². The molecule has 4 saturated carbocycles. The lowest BCUT2D eigenvalue weighted by molar-refractivity contribution is -0.121. The molecule has 20 nitrogen and oxygen atoms in total. The van der Waals surface area contributed by atoms with E-state index in [0.29, 0.717) is 59.8 Å². The number of aliphatic hydroxyl groups excluding tert-OH is 1. The van der Waals surface area contributed by atoms with Crippen LogP contribution in [0.4, 0.5) is 23.3 Å². The minimum Gasteiger partial charge on any atom is -0.511 e. The second kappa shape index (κ2) is 37.2. The molecule has 4 fully saturated rings. The van der Waals surface area contributed by atoms with Crippen LogP contribution >= 0.6 is 0 Å². The van der Waals surface area contributed by atoms with E-state index in [2.05, 4.69) is 337 Å². The fourth-order valence-electron chi connectivity index (χ4n) is 27.8. The van der Waals surface area contributed by atoms with Crippen LogP contribution in [0.2, 0.25) is 0 Å². The van der Waals surface area contributed by atoms with Gasteiger partial charge in [-0.2, -0.15) is 10.5 Å². The minimum atomic E-state index is -0.435. The second-order valence-electron chi connectivity index (χ2n) is 44.5. The number of aromatic nitrogens is 10. The zero-order valence-electron chi connectivity index (χ0n) is 165. The average Bonchev–Trinajstić information content (AvgIpc) is 1.56. The zero-order valence-corrected chi connectivity index (χ0v) is 84.6. The van der Waals surface area contributed by atoms with E-state index in [1.807, 2.05) is 37.5 Å². The van der Waals surface area contributed by atoms with Crippen molar-refractivity contribution in [3.63, 3.8) is 0 Å². The van der Waals surface area contributed by atoms with E-state index in [1.54, 1.807) is 0 Å². The van der Waals surface area contributed by atoms with Gasteiger partial charge in [0, 0.05) is 243 Å². The molecule has 26 rings (SSSR count). The van der Waals surface area contributed by atoms with E-state index in [-0.39, 0.29) is 57.0 Å².